The van der Waals surface area contributed by atoms with E-state index in [0.717, 1.165) is 24.3 Å². The van der Waals surface area contributed by atoms with Gasteiger partial charge in [-0.3, -0.25) is 9.44 Å². The van der Waals surface area contributed by atoms with Gasteiger partial charge in [-0.2, -0.15) is 13.2 Å². The summed E-state index contributed by atoms with van der Waals surface area (Å²) >= 11 is 5.56. The Bertz CT molecular complexity index is 1470. The van der Waals surface area contributed by atoms with Crippen LogP contribution in [0.2, 0.25) is 5.02 Å². The van der Waals surface area contributed by atoms with E-state index < -0.39 is 36.8 Å². The molecule has 0 radical (unpaired) electrons. The fraction of sp³-hybridized carbons (Fsp3) is 0.217. The lowest BCUT2D eigenvalue weighted by atomic mass is 10.0. The molecule has 0 atom stereocenters. The first-order chi connectivity index (χ1) is 16.6. The van der Waals surface area contributed by atoms with Gasteiger partial charge in [0, 0.05) is 11.4 Å². The first kappa shape index (κ1) is 27.6. The normalized spacial score (nSPS) is 12.4. The number of benzene rings is 3. The first-order valence-corrected chi connectivity index (χ1v) is 13.7. The minimum Gasteiger partial charge on any atom is -0.496 e. The van der Waals surface area contributed by atoms with E-state index in [1.165, 1.54) is 31.4 Å². The summed E-state index contributed by atoms with van der Waals surface area (Å²) in [4.78, 5) is -0.297. The second kappa shape index (κ2) is 10.2. The summed E-state index contributed by atoms with van der Waals surface area (Å²) in [6.45, 7) is 3.78. The largest absolute Gasteiger partial charge is 0.496 e. The van der Waals surface area contributed by atoms with Crippen LogP contribution < -0.4 is 14.2 Å². The van der Waals surface area contributed by atoms with E-state index in [9.17, 15) is 30.0 Å². The quantitative estimate of drug-likeness (QED) is 0.346. The van der Waals surface area contributed by atoms with Gasteiger partial charge in [0.25, 0.3) is 20.0 Å². The third-order valence-corrected chi connectivity index (χ3v) is 8.18. The maximum atomic E-state index is 13.1. The molecule has 36 heavy (non-hydrogen) atoms. The van der Waals surface area contributed by atoms with Crippen molar-refractivity contribution in [3.05, 3.63) is 76.8 Å². The Labute approximate surface area is 212 Å². The molecule has 194 valence electrons. The molecule has 0 bridgehead atoms. The topological polar surface area (TPSA) is 102 Å². The highest BCUT2D eigenvalue weighted by molar-refractivity contribution is 7.93. The summed E-state index contributed by atoms with van der Waals surface area (Å²) in [5.74, 6) is 0.550. The summed E-state index contributed by atoms with van der Waals surface area (Å²) in [5.41, 5.74) is -0.740. The van der Waals surface area contributed by atoms with Gasteiger partial charge in [-0.25, -0.2) is 16.8 Å². The van der Waals surface area contributed by atoms with E-state index in [4.69, 9.17) is 16.3 Å². The number of methoxy groups -OCH3 is 1. The van der Waals surface area contributed by atoms with E-state index in [0.29, 0.717) is 17.4 Å². The van der Waals surface area contributed by atoms with Crippen molar-refractivity contribution in [3.8, 4) is 5.75 Å². The van der Waals surface area contributed by atoms with Gasteiger partial charge in [-0.1, -0.05) is 25.4 Å². The minimum atomic E-state index is -4.77. The van der Waals surface area contributed by atoms with Gasteiger partial charge in [0.1, 0.15) is 5.75 Å². The molecule has 3 rings (SSSR count). The van der Waals surface area contributed by atoms with Crippen molar-refractivity contribution in [2.75, 3.05) is 16.6 Å². The van der Waals surface area contributed by atoms with Gasteiger partial charge < -0.3 is 4.74 Å². The number of alkyl halides is 3. The Balaban J connectivity index is 1.82. The summed E-state index contributed by atoms with van der Waals surface area (Å²) in [7, 11) is -6.79. The van der Waals surface area contributed by atoms with Crippen LogP contribution in [0, 0.1) is 0 Å². The van der Waals surface area contributed by atoms with Crippen molar-refractivity contribution in [3.63, 3.8) is 0 Å². The van der Waals surface area contributed by atoms with Crippen molar-refractivity contribution in [2.24, 2.45) is 0 Å². The van der Waals surface area contributed by atoms with E-state index in [-0.39, 0.29) is 27.1 Å². The first-order valence-electron chi connectivity index (χ1n) is 10.3. The fourth-order valence-electron chi connectivity index (χ4n) is 3.27. The van der Waals surface area contributed by atoms with E-state index >= 15 is 0 Å². The molecule has 0 unspecified atom stereocenters. The molecule has 13 heteroatoms. The minimum absolute atomic E-state index is 0.0000543. The van der Waals surface area contributed by atoms with Gasteiger partial charge in [0.05, 0.1) is 27.5 Å². The van der Waals surface area contributed by atoms with Crippen molar-refractivity contribution in [1.29, 1.82) is 0 Å². The second-order valence-corrected chi connectivity index (χ2v) is 11.8. The number of nitrogens with one attached hydrogen (secondary N) is 2. The highest BCUT2D eigenvalue weighted by atomic mass is 35.5. The maximum absolute atomic E-state index is 13.1. The van der Waals surface area contributed by atoms with Gasteiger partial charge in [-0.05, 0) is 72.1 Å². The zero-order valence-corrected chi connectivity index (χ0v) is 21.6. The molecule has 0 aliphatic heterocycles. The monoisotopic (exact) mass is 562 g/mol. The molecular weight excluding hydrogens is 541 g/mol. The Kier molecular flexibility index (Phi) is 7.82. The smallest absolute Gasteiger partial charge is 0.417 e. The maximum Gasteiger partial charge on any atom is 0.417 e. The summed E-state index contributed by atoms with van der Waals surface area (Å²) in [6, 6.07) is 11.7. The molecule has 0 saturated heterocycles. The van der Waals surface area contributed by atoms with Crippen LogP contribution >= 0.6 is 11.6 Å². The van der Waals surface area contributed by atoms with E-state index in [1.54, 1.807) is 6.07 Å². The zero-order chi connectivity index (χ0) is 26.9. The van der Waals surface area contributed by atoms with Crippen LogP contribution in [-0.2, 0) is 26.2 Å². The average molecular weight is 563 g/mol. The number of hydrogen-bond acceptors (Lipinski definition) is 5. The Morgan fingerprint density at radius 1 is 0.806 bits per heavy atom. The number of ether oxygens (including phenoxy) is 1. The number of halogens is 4. The lowest BCUT2D eigenvalue weighted by Gasteiger charge is -2.15. The number of hydrogen-bond donors (Lipinski definition) is 2. The summed E-state index contributed by atoms with van der Waals surface area (Å²) < 4.78 is 99.9. The second-order valence-electron chi connectivity index (χ2n) is 7.99. The van der Waals surface area contributed by atoms with Crippen LogP contribution in [0.3, 0.4) is 0 Å². The van der Waals surface area contributed by atoms with E-state index in [2.05, 4.69) is 9.44 Å². The summed E-state index contributed by atoms with van der Waals surface area (Å²) in [6.07, 6.45) is -4.77. The molecule has 0 spiro atoms. The molecule has 3 aromatic rings. The van der Waals surface area contributed by atoms with Crippen molar-refractivity contribution in [1.82, 2.24) is 0 Å². The molecule has 0 amide bonds. The predicted octanol–water partition coefficient (Wildman–Crippen LogP) is 6.09. The van der Waals surface area contributed by atoms with Crippen molar-refractivity contribution in [2.45, 2.75) is 35.7 Å². The van der Waals surface area contributed by atoms with Crippen LogP contribution in [0.5, 0.6) is 5.75 Å². The molecule has 0 aliphatic carbocycles. The third kappa shape index (κ3) is 6.23. The highest BCUT2D eigenvalue weighted by Gasteiger charge is 2.33. The number of anilines is 2. The number of rotatable bonds is 8. The average Bonchev–Trinajstić information content (AvgIpc) is 2.79. The van der Waals surface area contributed by atoms with Crippen LogP contribution in [0.1, 0.15) is 30.9 Å². The van der Waals surface area contributed by atoms with Crippen molar-refractivity contribution < 1.29 is 34.7 Å². The molecule has 2 N–H and O–H groups in total. The zero-order valence-electron chi connectivity index (χ0n) is 19.2. The molecule has 3 aromatic carbocycles. The molecule has 0 aliphatic rings. The molecule has 0 saturated carbocycles. The standard InChI is InChI=1S/C23H22ClF3N2O5S2/c1-14(2)19-13-18(9-11-22(19)34-3)36(32,33)28-15-4-7-17(8-5-15)35(30,31)29-16-6-10-21(24)20(12-16)23(25,26)27/h4-14,28-29H,1-3H3. The molecule has 7 nitrogen and oxygen atoms in total. The molecule has 0 aromatic heterocycles. The Morgan fingerprint density at radius 2 is 1.33 bits per heavy atom. The van der Waals surface area contributed by atoms with Gasteiger partial charge >= 0.3 is 6.18 Å². The fourth-order valence-corrected chi connectivity index (χ4v) is 5.63. The van der Waals surface area contributed by atoms with E-state index in [1.807, 2.05) is 13.8 Å². The van der Waals surface area contributed by atoms with Gasteiger partial charge in [0.2, 0.25) is 0 Å². The predicted molar refractivity (Wildman–Crippen MR) is 132 cm³/mol. The SMILES string of the molecule is COc1ccc(S(=O)(=O)Nc2ccc(S(=O)(=O)Nc3ccc(Cl)c(C(F)(F)F)c3)cc2)cc1C(C)C. The highest BCUT2D eigenvalue weighted by Crippen LogP contribution is 2.36. The third-order valence-electron chi connectivity index (χ3n) is 5.07. The molecule has 0 fully saturated rings. The van der Waals surface area contributed by atoms with Crippen LogP contribution in [-0.4, -0.2) is 23.9 Å². The number of sulfonamides is 2. The van der Waals surface area contributed by atoms with Crippen LogP contribution in [0.25, 0.3) is 0 Å². The van der Waals surface area contributed by atoms with Crippen LogP contribution in [0.4, 0.5) is 24.5 Å². The van der Waals surface area contributed by atoms with Crippen molar-refractivity contribution >= 4 is 43.0 Å². The van der Waals surface area contributed by atoms with Gasteiger partial charge in [0.15, 0.2) is 0 Å². The lowest BCUT2D eigenvalue weighted by Crippen LogP contribution is -2.15. The Hall–Kier alpha value is -2.96. The molecular formula is C23H22ClF3N2O5S2. The Morgan fingerprint density at radius 3 is 1.89 bits per heavy atom. The molecule has 0 heterocycles. The summed E-state index contributed by atoms with van der Waals surface area (Å²) in [5, 5.41) is -0.570. The lowest BCUT2D eigenvalue weighted by molar-refractivity contribution is -0.137. The van der Waals surface area contributed by atoms with Crippen LogP contribution in [0.15, 0.2) is 70.5 Å². The van der Waals surface area contributed by atoms with Gasteiger partial charge in [-0.15, -0.1) is 0 Å².